The van der Waals surface area contributed by atoms with Crippen molar-refractivity contribution < 1.29 is 14.3 Å². The quantitative estimate of drug-likeness (QED) is 0.215. The van der Waals surface area contributed by atoms with Crippen LogP contribution >= 0.6 is 15.9 Å². The SMILES string of the molecule is CCCCCCCC(=O)OCCOC1CCC(C2CCC(Br)CC2)CC1. The molecule has 2 aliphatic carbocycles. The average Bonchev–Trinajstić information content (AvgIpc) is 2.66. The van der Waals surface area contributed by atoms with Crippen LogP contribution in [0.2, 0.25) is 0 Å². The van der Waals surface area contributed by atoms with Gasteiger partial charge in [0.05, 0.1) is 12.7 Å². The highest BCUT2D eigenvalue weighted by atomic mass is 79.9. The van der Waals surface area contributed by atoms with Gasteiger partial charge in [-0.1, -0.05) is 48.5 Å². The maximum Gasteiger partial charge on any atom is 0.305 e. The normalized spacial score (nSPS) is 29.5. The smallest absolute Gasteiger partial charge is 0.305 e. The first-order valence-electron chi connectivity index (χ1n) is 11.1. The highest BCUT2D eigenvalue weighted by Crippen LogP contribution is 2.40. The highest BCUT2D eigenvalue weighted by molar-refractivity contribution is 9.09. The molecule has 4 heteroatoms. The van der Waals surface area contributed by atoms with E-state index in [-0.39, 0.29) is 5.97 Å². The van der Waals surface area contributed by atoms with Gasteiger partial charge in [-0.25, -0.2) is 0 Å². The van der Waals surface area contributed by atoms with E-state index in [9.17, 15) is 4.79 Å². The Labute approximate surface area is 169 Å². The molecule has 0 heterocycles. The predicted octanol–water partition coefficient (Wildman–Crippen LogP) is 6.42. The number of rotatable bonds is 11. The number of unbranched alkanes of at least 4 members (excludes halogenated alkanes) is 4. The van der Waals surface area contributed by atoms with E-state index in [2.05, 4.69) is 22.9 Å². The van der Waals surface area contributed by atoms with Crippen molar-refractivity contribution in [3.05, 3.63) is 0 Å². The van der Waals surface area contributed by atoms with Crippen LogP contribution in [0.5, 0.6) is 0 Å². The number of esters is 1. The molecule has 0 radical (unpaired) electrons. The predicted molar refractivity (Wildman–Crippen MR) is 111 cm³/mol. The van der Waals surface area contributed by atoms with Gasteiger partial charge in [0.2, 0.25) is 0 Å². The van der Waals surface area contributed by atoms with E-state index in [1.165, 1.54) is 70.6 Å². The number of hydrogen-bond donors (Lipinski definition) is 0. The molecule has 0 atom stereocenters. The first-order chi connectivity index (χ1) is 12.7. The maximum absolute atomic E-state index is 11.7. The number of hydrogen-bond acceptors (Lipinski definition) is 3. The van der Waals surface area contributed by atoms with Gasteiger partial charge in [-0.2, -0.15) is 0 Å². The standard InChI is InChI=1S/C22H39BrO3/c1-2-3-4-5-6-7-22(24)26-17-16-25-21-14-10-19(11-15-21)18-8-12-20(23)13-9-18/h18-21H,2-17H2,1H3. The van der Waals surface area contributed by atoms with Gasteiger partial charge < -0.3 is 9.47 Å². The Morgan fingerprint density at radius 2 is 1.46 bits per heavy atom. The number of halogens is 1. The number of carbonyl (C=O) groups excluding carboxylic acids is 1. The van der Waals surface area contributed by atoms with E-state index >= 15 is 0 Å². The van der Waals surface area contributed by atoms with Crippen LogP contribution in [0.4, 0.5) is 0 Å². The lowest BCUT2D eigenvalue weighted by molar-refractivity contribution is -0.146. The fraction of sp³-hybridized carbons (Fsp3) is 0.955. The van der Waals surface area contributed by atoms with Crippen molar-refractivity contribution in [2.45, 2.75) is 108 Å². The van der Waals surface area contributed by atoms with Crippen LogP contribution in [0.3, 0.4) is 0 Å². The fourth-order valence-electron chi connectivity index (χ4n) is 4.59. The molecule has 0 aliphatic heterocycles. The van der Waals surface area contributed by atoms with Gasteiger partial charge in [-0.3, -0.25) is 4.79 Å². The summed E-state index contributed by atoms with van der Waals surface area (Å²) in [5.41, 5.74) is 0. The monoisotopic (exact) mass is 430 g/mol. The summed E-state index contributed by atoms with van der Waals surface area (Å²) in [7, 11) is 0. The molecule has 152 valence electrons. The van der Waals surface area contributed by atoms with Crippen molar-refractivity contribution in [2.75, 3.05) is 13.2 Å². The molecule has 0 N–H and O–H groups in total. The summed E-state index contributed by atoms with van der Waals surface area (Å²) in [6, 6.07) is 0. The van der Waals surface area contributed by atoms with E-state index in [4.69, 9.17) is 9.47 Å². The second kappa shape index (κ2) is 13.1. The van der Waals surface area contributed by atoms with Crippen molar-refractivity contribution in [1.82, 2.24) is 0 Å². The molecule has 0 bridgehead atoms. The van der Waals surface area contributed by atoms with Crippen LogP contribution in [0, 0.1) is 11.8 Å². The molecule has 2 saturated carbocycles. The molecule has 0 aromatic heterocycles. The summed E-state index contributed by atoms with van der Waals surface area (Å²) in [5, 5.41) is 0. The second-order valence-corrected chi connectivity index (χ2v) is 9.60. The zero-order valence-electron chi connectivity index (χ0n) is 16.7. The summed E-state index contributed by atoms with van der Waals surface area (Å²) in [6.07, 6.45) is 17.3. The fourth-order valence-corrected chi connectivity index (χ4v) is 5.12. The first-order valence-corrected chi connectivity index (χ1v) is 12.0. The summed E-state index contributed by atoms with van der Waals surface area (Å²) in [4.78, 5) is 12.4. The third kappa shape index (κ3) is 8.73. The van der Waals surface area contributed by atoms with Crippen molar-refractivity contribution >= 4 is 21.9 Å². The minimum absolute atomic E-state index is 0.0591. The molecule has 0 saturated heterocycles. The van der Waals surface area contributed by atoms with Crippen LogP contribution in [0.15, 0.2) is 0 Å². The third-order valence-corrected chi connectivity index (χ3v) is 7.19. The van der Waals surface area contributed by atoms with Gasteiger partial charge in [0.25, 0.3) is 0 Å². The molecular weight excluding hydrogens is 392 g/mol. The minimum Gasteiger partial charge on any atom is -0.463 e. The lowest BCUT2D eigenvalue weighted by Crippen LogP contribution is -2.29. The summed E-state index contributed by atoms with van der Waals surface area (Å²) >= 11 is 3.76. The van der Waals surface area contributed by atoms with Gasteiger partial charge in [0.1, 0.15) is 6.61 Å². The Morgan fingerprint density at radius 1 is 0.846 bits per heavy atom. The molecule has 0 aromatic rings. The zero-order chi connectivity index (χ0) is 18.6. The Bertz CT molecular complexity index is 372. The Balaban J connectivity index is 1.45. The van der Waals surface area contributed by atoms with Gasteiger partial charge in [0, 0.05) is 11.2 Å². The van der Waals surface area contributed by atoms with Crippen LogP contribution < -0.4 is 0 Å². The highest BCUT2D eigenvalue weighted by Gasteiger charge is 2.30. The number of alkyl halides is 1. The minimum atomic E-state index is -0.0591. The molecular formula is C22H39BrO3. The molecule has 0 amide bonds. The lowest BCUT2D eigenvalue weighted by Gasteiger charge is -2.36. The van der Waals surface area contributed by atoms with E-state index in [0.29, 0.717) is 25.7 Å². The molecule has 26 heavy (non-hydrogen) atoms. The Hall–Kier alpha value is -0.0900. The summed E-state index contributed by atoms with van der Waals surface area (Å²) in [5.74, 6) is 1.81. The van der Waals surface area contributed by atoms with E-state index in [1.54, 1.807) is 0 Å². The van der Waals surface area contributed by atoms with E-state index in [1.807, 2.05) is 0 Å². The van der Waals surface area contributed by atoms with Crippen molar-refractivity contribution in [2.24, 2.45) is 11.8 Å². The zero-order valence-corrected chi connectivity index (χ0v) is 18.3. The number of ether oxygens (including phenoxy) is 2. The van der Waals surface area contributed by atoms with Crippen molar-refractivity contribution in [3.8, 4) is 0 Å². The van der Waals surface area contributed by atoms with Gasteiger partial charge >= 0.3 is 5.97 Å². The van der Waals surface area contributed by atoms with Gasteiger partial charge in [-0.15, -0.1) is 0 Å². The van der Waals surface area contributed by atoms with Crippen LogP contribution in [0.1, 0.15) is 96.8 Å². The van der Waals surface area contributed by atoms with Crippen LogP contribution in [-0.4, -0.2) is 30.1 Å². The summed E-state index contributed by atoms with van der Waals surface area (Å²) in [6.45, 7) is 3.18. The maximum atomic E-state index is 11.7. The van der Waals surface area contributed by atoms with Crippen LogP contribution in [0.25, 0.3) is 0 Å². The third-order valence-electron chi connectivity index (χ3n) is 6.27. The molecule has 2 aliphatic rings. The molecule has 2 rings (SSSR count). The molecule has 0 spiro atoms. The van der Waals surface area contributed by atoms with Gasteiger partial charge in [-0.05, 0) is 69.6 Å². The topological polar surface area (TPSA) is 35.5 Å². The first kappa shape index (κ1) is 22.2. The Morgan fingerprint density at radius 3 is 2.12 bits per heavy atom. The summed E-state index contributed by atoms with van der Waals surface area (Å²) < 4.78 is 11.3. The second-order valence-electron chi connectivity index (χ2n) is 8.30. The van der Waals surface area contributed by atoms with E-state index < -0.39 is 0 Å². The lowest BCUT2D eigenvalue weighted by atomic mass is 9.73. The largest absolute Gasteiger partial charge is 0.463 e. The van der Waals surface area contributed by atoms with Crippen molar-refractivity contribution in [1.29, 1.82) is 0 Å². The van der Waals surface area contributed by atoms with E-state index in [0.717, 1.165) is 29.5 Å². The van der Waals surface area contributed by atoms with Crippen LogP contribution in [-0.2, 0) is 14.3 Å². The molecule has 0 aromatic carbocycles. The Kier molecular flexibility index (Phi) is 11.2. The molecule has 3 nitrogen and oxygen atoms in total. The van der Waals surface area contributed by atoms with Gasteiger partial charge in [0.15, 0.2) is 0 Å². The number of carbonyl (C=O) groups is 1. The van der Waals surface area contributed by atoms with Crippen molar-refractivity contribution in [3.63, 3.8) is 0 Å². The molecule has 2 fully saturated rings. The molecule has 0 unspecified atom stereocenters. The average molecular weight is 431 g/mol.